The van der Waals surface area contributed by atoms with Gasteiger partial charge in [0.05, 0.1) is 0 Å². The summed E-state index contributed by atoms with van der Waals surface area (Å²) < 4.78 is 0. The summed E-state index contributed by atoms with van der Waals surface area (Å²) in [7, 11) is 0. The van der Waals surface area contributed by atoms with Crippen LogP contribution in [0, 0.1) is 5.41 Å². The van der Waals surface area contributed by atoms with Crippen molar-refractivity contribution in [2.45, 2.75) is 19.8 Å². The van der Waals surface area contributed by atoms with Gasteiger partial charge >= 0.3 is 0 Å². The minimum atomic E-state index is 0.480. The third kappa shape index (κ3) is 1.37. The number of hydrogen-bond donors (Lipinski definition) is 1. The van der Waals surface area contributed by atoms with Gasteiger partial charge in [0.25, 0.3) is 0 Å². The fourth-order valence-corrected chi connectivity index (χ4v) is 2.22. The van der Waals surface area contributed by atoms with Crippen molar-refractivity contribution in [2.75, 3.05) is 13.1 Å². The van der Waals surface area contributed by atoms with Gasteiger partial charge in [0, 0.05) is 18.5 Å². The molecular formula is C12H17N. The van der Waals surface area contributed by atoms with Gasteiger partial charge < -0.3 is 5.32 Å². The first-order valence-electron chi connectivity index (χ1n) is 5.02. The van der Waals surface area contributed by atoms with E-state index in [1.165, 1.54) is 24.0 Å². The molecule has 1 saturated carbocycles. The molecule has 70 valence electrons. The van der Waals surface area contributed by atoms with Crippen LogP contribution in [0.4, 0.5) is 0 Å². The quantitative estimate of drug-likeness (QED) is 0.645. The maximum atomic E-state index is 3.79. The maximum absolute atomic E-state index is 3.79. The van der Waals surface area contributed by atoms with Gasteiger partial charge in [-0.05, 0) is 30.9 Å². The molecule has 0 radical (unpaired) electrons. The second-order valence-electron chi connectivity index (χ2n) is 4.01. The van der Waals surface area contributed by atoms with E-state index in [0.29, 0.717) is 5.41 Å². The molecule has 1 aliphatic heterocycles. The van der Waals surface area contributed by atoms with E-state index in [2.05, 4.69) is 31.0 Å². The molecule has 0 unspecified atom stereocenters. The van der Waals surface area contributed by atoms with Crippen molar-refractivity contribution in [1.29, 1.82) is 0 Å². The van der Waals surface area contributed by atoms with E-state index in [4.69, 9.17) is 0 Å². The number of nitrogens with one attached hydrogen (secondary N) is 1. The molecule has 1 heteroatoms. The highest BCUT2D eigenvalue weighted by Gasteiger charge is 2.47. The van der Waals surface area contributed by atoms with Gasteiger partial charge in [-0.15, -0.1) is 0 Å². The summed E-state index contributed by atoms with van der Waals surface area (Å²) in [5.41, 5.74) is 3.47. The summed E-state index contributed by atoms with van der Waals surface area (Å²) in [6.07, 6.45) is 9.03. The third-order valence-electron chi connectivity index (χ3n) is 3.18. The van der Waals surface area contributed by atoms with Crippen LogP contribution < -0.4 is 5.32 Å². The van der Waals surface area contributed by atoms with E-state index in [9.17, 15) is 0 Å². The molecule has 0 aromatic rings. The molecule has 2 fully saturated rings. The van der Waals surface area contributed by atoms with Crippen LogP contribution in [0.25, 0.3) is 0 Å². The van der Waals surface area contributed by atoms with E-state index in [1.54, 1.807) is 0 Å². The molecule has 0 amide bonds. The van der Waals surface area contributed by atoms with Crippen molar-refractivity contribution >= 4 is 0 Å². The standard InChI is InChI=1S/C12H17N/c1-3-5-11-10(4-2)8-13-9-12(11)6-7-12/h3-5,13H,1,6-9H2,2H3/b10-4-,11-5?. The van der Waals surface area contributed by atoms with Crippen LogP contribution in [0.1, 0.15) is 19.8 Å². The normalized spacial score (nSPS) is 31.2. The number of rotatable bonds is 1. The molecule has 1 heterocycles. The molecule has 0 atom stereocenters. The van der Waals surface area contributed by atoms with E-state index in [0.717, 1.165) is 13.1 Å². The molecular weight excluding hydrogens is 158 g/mol. The van der Waals surface area contributed by atoms with Crippen molar-refractivity contribution in [3.63, 3.8) is 0 Å². The fraction of sp³-hybridized carbons (Fsp3) is 0.500. The van der Waals surface area contributed by atoms with E-state index < -0.39 is 0 Å². The van der Waals surface area contributed by atoms with Gasteiger partial charge in [0.1, 0.15) is 0 Å². The minimum Gasteiger partial charge on any atom is -0.312 e. The van der Waals surface area contributed by atoms with Gasteiger partial charge in [-0.1, -0.05) is 24.8 Å². The number of allylic oxidation sites excluding steroid dienone is 3. The Morgan fingerprint density at radius 1 is 1.46 bits per heavy atom. The topological polar surface area (TPSA) is 12.0 Å². The first-order chi connectivity index (χ1) is 6.32. The maximum Gasteiger partial charge on any atom is 0.0205 e. The average Bonchev–Trinajstić information content (AvgIpc) is 2.90. The Bertz CT molecular complexity index is 279. The van der Waals surface area contributed by atoms with Crippen LogP contribution in [-0.2, 0) is 0 Å². The zero-order valence-corrected chi connectivity index (χ0v) is 8.27. The van der Waals surface area contributed by atoms with E-state index in [-0.39, 0.29) is 0 Å². The summed E-state index contributed by atoms with van der Waals surface area (Å²) >= 11 is 0. The van der Waals surface area contributed by atoms with E-state index in [1.807, 2.05) is 6.08 Å². The van der Waals surface area contributed by atoms with Crippen molar-refractivity contribution in [3.8, 4) is 0 Å². The van der Waals surface area contributed by atoms with Crippen LogP contribution in [0.3, 0.4) is 0 Å². The summed E-state index contributed by atoms with van der Waals surface area (Å²) in [5.74, 6) is 0. The Balaban J connectivity index is 2.32. The molecule has 1 nitrogen and oxygen atoms in total. The van der Waals surface area contributed by atoms with E-state index >= 15 is 0 Å². The minimum absolute atomic E-state index is 0.480. The lowest BCUT2D eigenvalue weighted by molar-refractivity contribution is 0.505. The average molecular weight is 175 g/mol. The Morgan fingerprint density at radius 2 is 2.23 bits per heavy atom. The molecule has 13 heavy (non-hydrogen) atoms. The smallest absolute Gasteiger partial charge is 0.0205 e. The lowest BCUT2D eigenvalue weighted by Crippen LogP contribution is -2.34. The largest absolute Gasteiger partial charge is 0.312 e. The first kappa shape index (κ1) is 8.76. The van der Waals surface area contributed by atoms with Gasteiger partial charge in [-0.25, -0.2) is 0 Å². The zero-order chi connectivity index (χ0) is 9.31. The third-order valence-corrected chi connectivity index (χ3v) is 3.18. The van der Waals surface area contributed by atoms with Gasteiger partial charge in [-0.2, -0.15) is 0 Å². The first-order valence-corrected chi connectivity index (χ1v) is 5.02. The van der Waals surface area contributed by atoms with Gasteiger partial charge in [-0.3, -0.25) is 0 Å². The molecule has 0 aromatic carbocycles. The SMILES string of the molecule is C=CC=C1/C(=C\C)CNCC12CC2. The second-order valence-corrected chi connectivity index (χ2v) is 4.01. The van der Waals surface area contributed by atoms with Crippen molar-refractivity contribution < 1.29 is 0 Å². The summed E-state index contributed by atoms with van der Waals surface area (Å²) in [5, 5.41) is 3.48. The molecule has 2 aliphatic rings. The number of piperidine rings is 1. The molecule has 1 saturated heterocycles. The predicted molar refractivity (Wildman–Crippen MR) is 56.6 cm³/mol. The summed E-state index contributed by atoms with van der Waals surface area (Å²) in [6, 6.07) is 0. The zero-order valence-electron chi connectivity index (χ0n) is 8.27. The Hall–Kier alpha value is -0.820. The van der Waals surface area contributed by atoms with Gasteiger partial charge in [0.2, 0.25) is 0 Å². The van der Waals surface area contributed by atoms with Crippen LogP contribution in [0.2, 0.25) is 0 Å². The van der Waals surface area contributed by atoms with Crippen molar-refractivity contribution in [3.05, 3.63) is 36.0 Å². The molecule has 1 aliphatic carbocycles. The lowest BCUT2D eigenvalue weighted by Gasteiger charge is -2.28. The van der Waals surface area contributed by atoms with Crippen molar-refractivity contribution in [1.82, 2.24) is 5.32 Å². The molecule has 0 aromatic heterocycles. The fourth-order valence-electron chi connectivity index (χ4n) is 2.22. The second kappa shape index (κ2) is 3.15. The van der Waals surface area contributed by atoms with Crippen LogP contribution in [0.5, 0.6) is 0 Å². The van der Waals surface area contributed by atoms with Crippen LogP contribution >= 0.6 is 0 Å². The summed E-state index contributed by atoms with van der Waals surface area (Å²) in [6.45, 7) is 8.10. The Morgan fingerprint density at radius 3 is 2.77 bits per heavy atom. The number of hydrogen-bond acceptors (Lipinski definition) is 1. The molecule has 2 rings (SSSR count). The molecule has 0 bridgehead atoms. The van der Waals surface area contributed by atoms with Crippen molar-refractivity contribution in [2.24, 2.45) is 5.41 Å². The van der Waals surface area contributed by atoms with Crippen LogP contribution in [0.15, 0.2) is 36.0 Å². The predicted octanol–water partition coefficient (Wildman–Crippen LogP) is 2.43. The van der Waals surface area contributed by atoms with Gasteiger partial charge in [0.15, 0.2) is 0 Å². The molecule has 1 spiro atoms. The highest BCUT2D eigenvalue weighted by molar-refractivity contribution is 5.45. The monoisotopic (exact) mass is 175 g/mol. The summed E-state index contributed by atoms with van der Waals surface area (Å²) in [4.78, 5) is 0. The highest BCUT2D eigenvalue weighted by Crippen LogP contribution is 2.55. The highest BCUT2D eigenvalue weighted by atomic mass is 14.9. The Kier molecular flexibility index (Phi) is 2.12. The molecule has 1 N–H and O–H groups in total. The van der Waals surface area contributed by atoms with Crippen LogP contribution in [-0.4, -0.2) is 13.1 Å². The Labute approximate surface area is 80.2 Å². The lowest BCUT2D eigenvalue weighted by atomic mass is 9.85.